The first-order valence-electron chi connectivity index (χ1n) is 7.31. The molecule has 3 nitrogen and oxygen atoms in total. The molecule has 1 aliphatic rings. The molecule has 1 N–H and O–H groups in total. The first kappa shape index (κ1) is 14.1. The Morgan fingerprint density at radius 2 is 2.11 bits per heavy atom. The zero-order chi connectivity index (χ0) is 13.5. The third kappa shape index (κ3) is 4.67. The van der Waals surface area contributed by atoms with Crippen LogP contribution in [0.2, 0.25) is 0 Å². The van der Waals surface area contributed by atoms with Crippen molar-refractivity contribution in [2.75, 3.05) is 19.6 Å². The topological polar surface area (TPSA) is 32.3 Å². The van der Waals surface area contributed by atoms with Crippen LogP contribution in [0.25, 0.3) is 0 Å². The minimum absolute atomic E-state index is 0.318. The van der Waals surface area contributed by atoms with Crippen molar-refractivity contribution >= 4 is 5.91 Å². The number of hydrogen-bond acceptors (Lipinski definition) is 2. The van der Waals surface area contributed by atoms with Gasteiger partial charge in [0.2, 0.25) is 5.91 Å². The molecular formula is C16H24N2O. The van der Waals surface area contributed by atoms with E-state index in [-0.39, 0.29) is 0 Å². The summed E-state index contributed by atoms with van der Waals surface area (Å²) in [6.07, 6.45) is 4.02. The summed E-state index contributed by atoms with van der Waals surface area (Å²) >= 11 is 0. The Morgan fingerprint density at radius 3 is 2.79 bits per heavy atom. The molecule has 1 amide bonds. The second-order valence-electron chi connectivity index (χ2n) is 5.39. The molecule has 104 valence electrons. The minimum Gasteiger partial charge on any atom is -0.341 e. The van der Waals surface area contributed by atoms with Crippen LogP contribution in [0.1, 0.15) is 31.7 Å². The molecule has 0 spiro atoms. The summed E-state index contributed by atoms with van der Waals surface area (Å²) in [5.41, 5.74) is 1.40. The van der Waals surface area contributed by atoms with Gasteiger partial charge in [0.05, 0.1) is 0 Å². The van der Waals surface area contributed by atoms with Crippen molar-refractivity contribution in [1.82, 2.24) is 10.2 Å². The van der Waals surface area contributed by atoms with Crippen LogP contribution in [0, 0.1) is 0 Å². The zero-order valence-electron chi connectivity index (χ0n) is 11.8. The minimum atomic E-state index is 0.318. The molecule has 19 heavy (non-hydrogen) atoms. The third-order valence-electron chi connectivity index (χ3n) is 3.64. The monoisotopic (exact) mass is 260 g/mol. The lowest BCUT2D eigenvalue weighted by atomic mass is 10.1. The molecule has 3 heteroatoms. The van der Waals surface area contributed by atoms with Crippen molar-refractivity contribution < 1.29 is 4.79 Å². The van der Waals surface area contributed by atoms with Gasteiger partial charge in [-0.3, -0.25) is 4.79 Å². The quantitative estimate of drug-likeness (QED) is 0.762. The van der Waals surface area contributed by atoms with Crippen LogP contribution in [0.15, 0.2) is 30.3 Å². The number of aryl methyl sites for hydroxylation is 1. The summed E-state index contributed by atoms with van der Waals surface area (Å²) in [7, 11) is 0. The van der Waals surface area contributed by atoms with Crippen LogP contribution in [0.4, 0.5) is 0 Å². The van der Waals surface area contributed by atoms with E-state index in [4.69, 9.17) is 0 Å². The number of rotatable bonds is 7. The average Bonchev–Trinajstić information content (AvgIpc) is 2.82. The largest absolute Gasteiger partial charge is 0.341 e. The van der Waals surface area contributed by atoms with Crippen molar-refractivity contribution in [2.24, 2.45) is 0 Å². The van der Waals surface area contributed by atoms with E-state index in [0.29, 0.717) is 11.9 Å². The number of carbonyl (C=O) groups is 1. The molecule has 1 aliphatic heterocycles. The number of nitrogens with one attached hydrogen (secondary N) is 1. The van der Waals surface area contributed by atoms with Gasteiger partial charge < -0.3 is 10.2 Å². The van der Waals surface area contributed by atoms with Gasteiger partial charge in [-0.2, -0.15) is 0 Å². The normalized spacial score (nSPS) is 16.9. The zero-order valence-corrected chi connectivity index (χ0v) is 11.8. The van der Waals surface area contributed by atoms with Crippen LogP contribution >= 0.6 is 0 Å². The highest BCUT2D eigenvalue weighted by Crippen LogP contribution is 2.09. The van der Waals surface area contributed by atoms with Crippen LogP contribution in [0.3, 0.4) is 0 Å². The smallest absolute Gasteiger partial charge is 0.222 e. The summed E-state index contributed by atoms with van der Waals surface area (Å²) in [6, 6.07) is 11.0. The number of carbonyl (C=O) groups excluding carboxylic acids is 1. The first-order chi connectivity index (χ1) is 9.25. The van der Waals surface area contributed by atoms with Gasteiger partial charge in [0.1, 0.15) is 0 Å². The molecule has 1 aromatic carbocycles. The van der Waals surface area contributed by atoms with Crippen molar-refractivity contribution in [3.8, 4) is 0 Å². The molecule has 1 atom stereocenters. The van der Waals surface area contributed by atoms with E-state index < -0.39 is 0 Å². The van der Waals surface area contributed by atoms with Gasteiger partial charge in [-0.15, -0.1) is 0 Å². The highest BCUT2D eigenvalue weighted by molar-refractivity contribution is 5.78. The number of hydrogen-bond donors (Lipinski definition) is 1. The lowest BCUT2D eigenvalue weighted by Gasteiger charge is -2.21. The Hall–Kier alpha value is -1.35. The molecule has 0 saturated carbocycles. The highest BCUT2D eigenvalue weighted by atomic mass is 16.2. The van der Waals surface area contributed by atoms with Crippen LogP contribution < -0.4 is 5.32 Å². The fourth-order valence-corrected chi connectivity index (χ4v) is 2.58. The maximum absolute atomic E-state index is 11.5. The van der Waals surface area contributed by atoms with E-state index in [9.17, 15) is 4.79 Å². The molecule has 2 rings (SSSR count). The highest BCUT2D eigenvalue weighted by Gasteiger charge is 2.21. The maximum atomic E-state index is 11.5. The first-order valence-corrected chi connectivity index (χ1v) is 7.31. The molecule has 0 aliphatic carbocycles. The number of nitrogens with zero attached hydrogens (tertiary/aromatic N) is 1. The predicted molar refractivity (Wildman–Crippen MR) is 78.0 cm³/mol. The standard InChI is InChI=1S/C16H24N2O/c1-14(13-18-12-6-10-16(18)19)17-11-5-9-15-7-3-2-4-8-15/h2-4,7-8,14,17H,5-6,9-13H2,1H3. The van der Waals surface area contributed by atoms with E-state index in [1.54, 1.807) is 0 Å². The third-order valence-corrected chi connectivity index (χ3v) is 3.64. The number of amides is 1. The fraction of sp³-hybridized carbons (Fsp3) is 0.562. The van der Waals surface area contributed by atoms with Crippen molar-refractivity contribution in [3.63, 3.8) is 0 Å². The molecule has 1 heterocycles. The Bertz CT molecular complexity index is 391. The Balaban J connectivity index is 1.59. The summed E-state index contributed by atoms with van der Waals surface area (Å²) in [4.78, 5) is 13.5. The predicted octanol–water partition coefficient (Wildman–Crippen LogP) is 2.22. The summed E-state index contributed by atoms with van der Waals surface area (Å²) in [6.45, 7) is 4.96. The van der Waals surface area contributed by atoms with E-state index >= 15 is 0 Å². The molecule has 1 unspecified atom stereocenters. The lowest BCUT2D eigenvalue weighted by molar-refractivity contribution is -0.127. The van der Waals surface area contributed by atoms with Crippen LogP contribution in [-0.2, 0) is 11.2 Å². The maximum Gasteiger partial charge on any atom is 0.222 e. The van der Waals surface area contributed by atoms with Crippen LogP contribution in [0.5, 0.6) is 0 Å². The SMILES string of the molecule is CC(CN1CCCC1=O)NCCCc1ccccc1. The Kier molecular flexibility index (Phi) is 5.40. The van der Waals surface area contributed by atoms with Gasteiger partial charge in [-0.05, 0) is 38.3 Å². The lowest BCUT2D eigenvalue weighted by Crippen LogP contribution is -2.40. The summed E-state index contributed by atoms with van der Waals surface area (Å²) in [5.74, 6) is 0.318. The van der Waals surface area contributed by atoms with Gasteiger partial charge in [0.15, 0.2) is 0 Å². The summed E-state index contributed by atoms with van der Waals surface area (Å²) < 4.78 is 0. The van der Waals surface area contributed by atoms with E-state index in [1.165, 1.54) is 5.56 Å². The van der Waals surface area contributed by atoms with Gasteiger partial charge in [-0.1, -0.05) is 30.3 Å². The van der Waals surface area contributed by atoms with E-state index in [0.717, 1.165) is 45.3 Å². The molecular weight excluding hydrogens is 236 g/mol. The summed E-state index contributed by atoms with van der Waals surface area (Å²) in [5, 5.41) is 3.51. The van der Waals surface area contributed by atoms with Gasteiger partial charge >= 0.3 is 0 Å². The van der Waals surface area contributed by atoms with Gasteiger partial charge in [0, 0.05) is 25.6 Å². The molecule has 0 bridgehead atoms. The molecule has 0 radical (unpaired) electrons. The number of likely N-dealkylation sites (tertiary alicyclic amines) is 1. The van der Waals surface area contributed by atoms with Crippen molar-refractivity contribution in [2.45, 2.75) is 38.6 Å². The number of benzene rings is 1. The second-order valence-corrected chi connectivity index (χ2v) is 5.39. The van der Waals surface area contributed by atoms with Gasteiger partial charge in [0.25, 0.3) is 0 Å². The molecule has 1 saturated heterocycles. The van der Waals surface area contributed by atoms with Gasteiger partial charge in [-0.25, -0.2) is 0 Å². The Labute approximate surface area is 116 Å². The molecule has 1 fully saturated rings. The van der Waals surface area contributed by atoms with E-state index in [2.05, 4.69) is 42.6 Å². The fourth-order valence-electron chi connectivity index (χ4n) is 2.58. The Morgan fingerprint density at radius 1 is 1.32 bits per heavy atom. The van der Waals surface area contributed by atoms with Crippen molar-refractivity contribution in [1.29, 1.82) is 0 Å². The van der Waals surface area contributed by atoms with E-state index in [1.807, 2.05) is 4.90 Å². The second kappa shape index (κ2) is 7.29. The van der Waals surface area contributed by atoms with Crippen molar-refractivity contribution in [3.05, 3.63) is 35.9 Å². The molecule has 0 aromatic heterocycles. The average molecular weight is 260 g/mol. The molecule has 1 aromatic rings. The van der Waals surface area contributed by atoms with Crippen LogP contribution in [-0.4, -0.2) is 36.5 Å².